The number of rotatable bonds is 6. The molecule has 24 heavy (non-hydrogen) atoms. The third kappa shape index (κ3) is 3.51. The van der Waals surface area contributed by atoms with Crippen LogP contribution in [0.4, 0.5) is 0 Å². The van der Waals surface area contributed by atoms with E-state index < -0.39 is 0 Å². The van der Waals surface area contributed by atoms with Gasteiger partial charge in [-0.25, -0.2) is 4.98 Å². The Labute approximate surface area is 141 Å². The van der Waals surface area contributed by atoms with Gasteiger partial charge in [0, 0.05) is 26.2 Å². The monoisotopic (exact) mass is 332 g/mol. The highest BCUT2D eigenvalue weighted by molar-refractivity contribution is 5.97. The lowest BCUT2D eigenvalue weighted by atomic mass is 10.1. The molecule has 2 aliphatic rings. The third-order valence-corrected chi connectivity index (χ3v) is 4.46. The summed E-state index contributed by atoms with van der Waals surface area (Å²) < 4.78 is 7.40. The Kier molecular flexibility index (Phi) is 5.30. The van der Waals surface area contributed by atoms with E-state index in [9.17, 15) is 9.59 Å². The third-order valence-electron chi connectivity index (χ3n) is 4.46. The predicted octanol–water partition coefficient (Wildman–Crippen LogP) is 1.04. The van der Waals surface area contributed by atoms with Crippen molar-refractivity contribution < 1.29 is 14.3 Å². The number of ether oxygens (including phenoxy) is 1. The molecule has 130 valence electrons. The molecule has 2 aliphatic heterocycles. The fraction of sp³-hybridized carbons (Fsp3) is 0.588. The molecule has 1 aromatic heterocycles. The number of nitrogens with zero attached hydrogens (tertiary/aromatic N) is 2. The minimum Gasteiger partial charge on any atom is -0.376 e. The Morgan fingerprint density at radius 1 is 1.29 bits per heavy atom. The van der Waals surface area contributed by atoms with Crippen molar-refractivity contribution in [3.05, 3.63) is 29.9 Å². The zero-order valence-electron chi connectivity index (χ0n) is 13.8. The van der Waals surface area contributed by atoms with Gasteiger partial charge in [0.05, 0.1) is 11.8 Å². The normalized spacial score (nSPS) is 19.6. The maximum atomic E-state index is 12.5. The molecule has 0 saturated carbocycles. The van der Waals surface area contributed by atoms with Gasteiger partial charge in [-0.15, -0.1) is 6.58 Å². The second kappa shape index (κ2) is 7.61. The molecule has 3 rings (SSSR count). The fourth-order valence-corrected chi connectivity index (χ4v) is 3.24. The van der Waals surface area contributed by atoms with Crippen LogP contribution in [0.5, 0.6) is 0 Å². The molecule has 3 heterocycles. The fourth-order valence-electron chi connectivity index (χ4n) is 3.24. The highest BCUT2D eigenvalue weighted by atomic mass is 16.5. The minimum atomic E-state index is -0.267. The van der Waals surface area contributed by atoms with Crippen molar-refractivity contribution >= 4 is 11.8 Å². The van der Waals surface area contributed by atoms with Gasteiger partial charge in [0.2, 0.25) is 0 Å². The van der Waals surface area contributed by atoms with Crippen molar-refractivity contribution in [2.24, 2.45) is 0 Å². The van der Waals surface area contributed by atoms with Crippen LogP contribution in [0.2, 0.25) is 0 Å². The van der Waals surface area contributed by atoms with Gasteiger partial charge in [-0.1, -0.05) is 6.08 Å². The maximum Gasteiger partial charge on any atom is 0.287 e. The first-order valence-electron chi connectivity index (χ1n) is 8.59. The molecule has 1 fully saturated rings. The lowest BCUT2D eigenvalue weighted by Gasteiger charge is -2.17. The minimum absolute atomic E-state index is 0.0859. The van der Waals surface area contributed by atoms with Gasteiger partial charge < -0.3 is 19.9 Å². The number of amides is 2. The SMILES string of the molecule is C=CCNC(=O)c1nc(C(=O)NCC2CCCO2)c2n1CCCC2. The Bertz CT molecular complexity index is 632. The Hall–Kier alpha value is -2.15. The number of nitrogens with one attached hydrogen (secondary N) is 2. The summed E-state index contributed by atoms with van der Waals surface area (Å²) in [7, 11) is 0. The summed E-state index contributed by atoms with van der Waals surface area (Å²) in [6, 6.07) is 0. The highest BCUT2D eigenvalue weighted by Gasteiger charge is 2.27. The van der Waals surface area contributed by atoms with Crippen molar-refractivity contribution in [3.8, 4) is 0 Å². The average molecular weight is 332 g/mol. The van der Waals surface area contributed by atoms with Crippen LogP contribution in [0, 0.1) is 0 Å². The summed E-state index contributed by atoms with van der Waals surface area (Å²) in [6.45, 7) is 5.94. The second-order valence-corrected chi connectivity index (χ2v) is 6.18. The van der Waals surface area contributed by atoms with Crippen molar-refractivity contribution in [3.63, 3.8) is 0 Å². The van der Waals surface area contributed by atoms with E-state index in [4.69, 9.17) is 4.74 Å². The van der Waals surface area contributed by atoms with Crippen molar-refractivity contribution in [2.75, 3.05) is 19.7 Å². The van der Waals surface area contributed by atoms with E-state index in [1.807, 2.05) is 4.57 Å². The molecule has 2 N–H and O–H groups in total. The molecule has 1 unspecified atom stereocenters. The van der Waals surface area contributed by atoms with Crippen LogP contribution in [0.1, 0.15) is 52.5 Å². The van der Waals surface area contributed by atoms with Gasteiger partial charge >= 0.3 is 0 Å². The predicted molar refractivity (Wildman–Crippen MR) is 89.0 cm³/mol. The van der Waals surface area contributed by atoms with Crippen LogP contribution in [0.15, 0.2) is 12.7 Å². The molecule has 7 nitrogen and oxygen atoms in total. The van der Waals surface area contributed by atoms with E-state index in [-0.39, 0.29) is 17.9 Å². The van der Waals surface area contributed by atoms with Crippen LogP contribution in [-0.2, 0) is 17.7 Å². The Morgan fingerprint density at radius 2 is 2.17 bits per heavy atom. The maximum absolute atomic E-state index is 12.5. The number of hydrogen-bond donors (Lipinski definition) is 2. The van der Waals surface area contributed by atoms with E-state index in [0.717, 1.165) is 50.9 Å². The molecular formula is C17H24N4O3. The largest absolute Gasteiger partial charge is 0.376 e. The molecule has 2 amide bonds. The zero-order valence-corrected chi connectivity index (χ0v) is 13.8. The smallest absolute Gasteiger partial charge is 0.287 e. The quantitative estimate of drug-likeness (QED) is 0.763. The van der Waals surface area contributed by atoms with Crippen LogP contribution in [0.3, 0.4) is 0 Å². The summed E-state index contributed by atoms with van der Waals surface area (Å²) in [5.41, 5.74) is 1.23. The second-order valence-electron chi connectivity index (χ2n) is 6.18. The molecule has 1 saturated heterocycles. The standard InChI is InChI=1S/C17H24N4O3/c1-2-8-18-17(23)15-20-14(13-7-3-4-9-21(13)15)16(22)19-11-12-6-5-10-24-12/h2,12H,1,3-11H2,(H,18,23)(H,19,22). The molecule has 1 atom stereocenters. The lowest BCUT2D eigenvalue weighted by Crippen LogP contribution is -2.32. The topological polar surface area (TPSA) is 85.2 Å². The van der Waals surface area contributed by atoms with E-state index >= 15 is 0 Å². The van der Waals surface area contributed by atoms with Crippen molar-refractivity contribution in [2.45, 2.75) is 44.8 Å². The van der Waals surface area contributed by atoms with E-state index in [1.165, 1.54) is 0 Å². The summed E-state index contributed by atoms with van der Waals surface area (Å²) in [5.74, 6) is -0.177. The highest BCUT2D eigenvalue weighted by Crippen LogP contribution is 2.21. The van der Waals surface area contributed by atoms with Gasteiger partial charge in [0.25, 0.3) is 11.8 Å². The molecule has 0 aromatic carbocycles. The van der Waals surface area contributed by atoms with Crippen LogP contribution in [0.25, 0.3) is 0 Å². The van der Waals surface area contributed by atoms with Gasteiger partial charge in [0.15, 0.2) is 5.82 Å². The Morgan fingerprint density at radius 3 is 2.92 bits per heavy atom. The Balaban J connectivity index is 1.76. The first-order chi connectivity index (χ1) is 11.7. The van der Waals surface area contributed by atoms with Crippen LogP contribution < -0.4 is 10.6 Å². The number of imidazole rings is 1. The molecule has 0 radical (unpaired) electrons. The van der Waals surface area contributed by atoms with E-state index in [1.54, 1.807) is 6.08 Å². The summed E-state index contributed by atoms with van der Waals surface area (Å²) in [5, 5.41) is 5.63. The number of fused-ring (bicyclic) bond motifs is 1. The first kappa shape index (κ1) is 16.7. The average Bonchev–Trinajstić information content (AvgIpc) is 3.25. The van der Waals surface area contributed by atoms with E-state index in [0.29, 0.717) is 24.6 Å². The van der Waals surface area contributed by atoms with Crippen LogP contribution >= 0.6 is 0 Å². The number of hydrogen-bond acceptors (Lipinski definition) is 4. The zero-order chi connectivity index (χ0) is 16.9. The lowest BCUT2D eigenvalue weighted by molar-refractivity contribution is 0.0853. The van der Waals surface area contributed by atoms with Gasteiger partial charge in [-0.2, -0.15) is 0 Å². The van der Waals surface area contributed by atoms with Gasteiger partial charge in [-0.05, 0) is 32.1 Å². The molecule has 0 bridgehead atoms. The first-order valence-corrected chi connectivity index (χ1v) is 8.59. The molecular weight excluding hydrogens is 308 g/mol. The number of carbonyl (C=O) groups is 2. The molecule has 0 aliphatic carbocycles. The summed E-state index contributed by atoms with van der Waals surface area (Å²) >= 11 is 0. The summed E-state index contributed by atoms with van der Waals surface area (Å²) in [4.78, 5) is 29.2. The van der Waals surface area contributed by atoms with Crippen molar-refractivity contribution in [1.29, 1.82) is 0 Å². The van der Waals surface area contributed by atoms with Gasteiger partial charge in [-0.3, -0.25) is 9.59 Å². The number of aromatic nitrogens is 2. The molecule has 0 spiro atoms. The van der Waals surface area contributed by atoms with Crippen LogP contribution in [-0.4, -0.2) is 47.2 Å². The van der Waals surface area contributed by atoms with E-state index in [2.05, 4.69) is 22.2 Å². The molecule has 7 heteroatoms. The van der Waals surface area contributed by atoms with Gasteiger partial charge in [0.1, 0.15) is 5.69 Å². The molecule has 1 aromatic rings. The number of carbonyl (C=O) groups excluding carboxylic acids is 2. The summed E-state index contributed by atoms with van der Waals surface area (Å²) in [6.07, 6.45) is 6.47. The van der Waals surface area contributed by atoms with Crippen molar-refractivity contribution in [1.82, 2.24) is 20.2 Å².